The fraction of sp³-hybridized carbons (Fsp3) is 0.263. The van der Waals surface area contributed by atoms with Crippen molar-refractivity contribution < 1.29 is 14.0 Å². The van der Waals surface area contributed by atoms with Crippen molar-refractivity contribution in [3.05, 3.63) is 65.0 Å². The van der Waals surface area contributed by atoms with Crippen LogP contribution in [-0.2, 0) is 16.8 Å². The Labute approximate surface area is 140 Å². The van der Waals surface area contributed by atoms with E-state index in [-0.39, 0.29) is 18.0 Å². The Balaban J connectivity index is 1.79. The molecule has 0 saturated heterocycles. The monoisotopic (exact) mass is 326 g/mol. The minimum Gasteiger partial charge on any atom is -0.348 e. The predicted octanol–water partition coefficient (Wildman–Crippen LogP) is 3.01. The van der Waals surface area contributed by atoms with Crippen molar-refractivity contribution in [2.45, 2.75) is 25.8 Å². The molecule has 4 nitrogen and oxygen atoms in total. The summed E-state index contributed by atoms with van der Waals surface area (Å²) in [7, 11) is 1.76. The lowest BCUT2D eigenvalue weighted by atomic mass is 9.85. The molecule has 2 aromatic rings. The molecule has 0 unspecified atom stereocenters. The van der Waals surface area contributed by atoms with E-state index in [2.05, 4.69) is 5.32 Å². The Morgan fingerprint density at radius 2 is 1.92 bits per heavy atom. The van der Waals surface area contributed by atoms with Gasteiger partial charge in [-0.1, -0.05) is 24.3 Å². The van der Waals surface area contributed by atoms with Gasteiger partial charge in [-0.15, -0.1) is 0 Å². The maximum absolute atomic E-state index is 13.6. The largest absolute Gasteiger partial charge is 0.348 e. The first-order valence-electron chi connectivity index (χ1n) is 7.76. The van der Waals surface area contributed by atoms with Crippen LogP contribution < -0.4 is 10.2 Å². The van der Waals surface area contributed by atoms with Crippen LogP contribution >= 0.6 is 0 Å². The van der Waals surface area contributed by atoms with Crippen LogP contribution in [0.15, 0.2) is 42.5 Å². The van der Waals surface area contributed by atoms with E-state index in [4.69, 9.17) is 0 Å². The Morgan fingerprint density at radius 1 is 1.21 bits per heavy atom. The lowest BCUT2D eigenvalue weighted by Gasteiger charge is -2.16. The van der Waals surface area contributed by atoms with Crippen LogP contribution in [0.3, 0.4) is 0 Å². The Kier molecular flexibility index (Phi) is 3.87. The number of hydrogen-bond acceptors (Lipinski definition) is 2. The van der Waals surface area contributed by atoms with Crippen molar-refractivity contribution >= 4 is 17.5 Å². The second-order valence-corrected chi connectivity index (χ2v) is 6.50. The maximum atomic E-state index is 13.6. The number of halogens is 1. The van der Waals surface area contributed by atoms with Crippen molar-refractivity contribution in [1.29, 1.82) is 0 Å². The number of nitrogens with one attached hydrogen (secondary N) is 1. The van der Waals surface area contributed by atoms with Crippen molar-refractivity contribution in [1.82, 2.24) is 5.32 Å². The van der Waals surface area contributed by atoms with Crippen LogP contribution in [0.4, 0.5) is 10.1 Å². The number of amides is 2. The summed E-state index contributed by atoms with van der Waals surface area (Å²) < 4.78 is 13.6. The molecule has 1 heterocycles. The van der Waals surface area contributed by atoms with Gasteiger partial charge in [0.25, 0.3) is 5.91 Å². The molecule has 0 fully saturated rings. The number of benzene rings is 2. The summed E-state index contributed by atoms with van der Waals surface area (Å²) in [6.07, 6.45) is 0. The summed E-state index contributed by atoms with van der Waals surface area (Å²) in [4.78, 5) is 26.0. The molecule has 0 spiro atoms. The Hall–Kier alpha value is -2.69. The van der Waals surface area contributed by atoms with Crippen LogP contribution in [0, 0.1) is 5.82 Å². The molecule has 1 aliphatic heterocycles. The minimum atomic E-state index is -0.588. The van der Waals surface area contributed by atoms with E-state index in [1.54, 1.807) is 24.1 Å². The average molecular weight is 326 g/mol. The first-order valence-corrected chi connectivity index (χ1v) is 7.76. The van der Waals surface area contributed by atoms with E-state index in [1.807, 2.05) is 32.0 Å². The number of carbonyl (C=O) groups is 2. The number of likely N-dealkylation sites (N-methyl/N-ethyl adjacent to an activating group) is 1. The number of nitrogens with zero attached hydrogens (tertiary/aromatic N) is 1. The van der Waals surface area contributed by atoms with Crippen molar-refractivity contribution in [2.75, 3.05) is 11.9 Å². The van der Waals surface area contributed by atoms with Gasteiger partial charge in [0.15, 0.2) is 0 Å². The van der Waals surface area contributed by atoms with Gasteiger partial charge >= 0.3 is 0 Å². The summed E-state index contributed by atoms with van der Waals surface area (Å²) in [6, 6.07) is 11.6. The van der Waals surface area contributed by atoms with E-state index in [0.717, 1.165) is 16.8 Å². The smallest absolute Gasteiger partial charge is 0.254 e. The summed E-state index contributed by atoms with van der Waals surface area (Å²) in [6.45, 7) is 4.05. The highest BCUT2D eigenvalue weighted by molar-refractivity contribution is 6.07. The standard InChI is InChI=1S/C19H19FN2O2/c1-19(2)14-10-12(8-9-16(14)22(3)18(19)24)11-21-17(23)13-6-4-5-7-15(13)20/h4-10H,11H2,1-3H3,(H,21,23). The fourth-order valence-corrected chi connectivity index (χ4v) is 3.05. The molecular formula is C19H19FN2O2. The zero-order valence-electron chi connectivity index (χ0n) is 13.9. The molecule has 0 saturated carbocycles. The third-order valence-electron chi connectivity index (χ3n) is 4.51. The van der Waals surface area contributed by atoms with Gasteiger partial charge in [-0.3, -0.25) is 9.59 Å². The van der Waals surface area contributed by atoms with Gasteiger partial charge in [-0.2, -0.15) is 0 Å². The molecule has 0 atom stereocenters. The van der Waals surface area contributed by atoms with Gasteiger partial charge in [-0.05, 0) is 43.2 Å². The zero-order chi connectivity index (χ0) is 17.5. The van der Waals surface area contributed by atoms with Crippen molar-refractivity contribution in [3.63, 3.8) is 0 Å². The molecule has 5 heteroatoms. The maximum Gasteiger partial charge on any atom is 0.254 e. The molecule has 3 rings (SSSR count). The number of carbonyl (C=O) groups excluding carboxylic acids is 2. The van der Waals surface area contributed by atoms with Crippen LogP contribution in [0.25, 0.3) is 0 Å². The highest BCUT2D eigenvalue weighted by Gasteiger charge is 2.42. The Morgan fingerprint density at radius 3 is 2.62 bits per heavy atom. The second-order valence-electron chi connectivity index (χ2n) is 6.50. The number of rotatable bonds is 3. The van der Waals surface area contributed by atoms with E-state index in [9.17, 15) is 14.0 Å². The quantitative estimate of drug-likeness (QED) is 0.942. The van der Waals surface area contributed by atoms with Gasteiger partial charge in [-0.25, -0.2) is 4.39 Å². The van der Waals surface area contributed by atoms with Gasteiger partial charge < -0.3 is 10.2 Å². The first kappa shape index (κ1) is 16.2. The third-order valence-corrected chi connectivity index (χ3v) is 4.51. The summed E-state index contributed by atoms with van der Waals surface area (Å²) >= 11 is 0. The molecule has 0 aromatic heterocycles. The normalized spacial score (nSPS) is 15.3. The molecular weight excluding hydrogens is 307 g/mol. The van der Waals surface area contributed by atoms with Crippen LogP contribution in [-0.4, -0.2) is 18.9 Å². The molecule has 1 aliphatic rings. The van der Waals surface area contributed by atoms with E-state index >= 15 is 0 Å². The molecule has 0 aliphatic carbocycles. The van der Waals surface area contributed by atoms with E-state index < -0.39 is 17.1 Å². The molecule has 124 valence electrons. The third kappa shape index (κ3) is 2.56. The lowest BCUT2D eigenvalue weighted by Crippen LogP contribution is -2.33. The van der Waals surface area contributed by atoms with Gasteiger partial charge in [0.2, 0.25) is 5.91 Å². The topological polar surface area (TPSA) is 49.4 Å². The average Bonchev–Trinajstić information content (AvgIpc) is 2.74. The van der Waals surface area contributed by atoms with Gasteiger partial charge in [0, 0.05) is 19.3 Å². The van der Waals surface area contributed by atoms with Crippen molar-refractivity contribution in [2.24, 2.45) is 0 Å². The summed E-state index contributed by atoms with van der Waals surface area (Å²) in [5.74, 6) is -0.955. The lowest BCUT2D eigenvalue weighted by molar-refractivity contribution is -0.121. The summed E-state index contributed by atoms with van der Waals surface area (Å²) in [5.41, 5.74) is 2.13. The summed E-state index contributed by atoms with van der Waals surface area (Å²) in [5, 5.41) is 2.72. The highest BCUT2D eigenvalue weighted by atomic mass is 19.1. The number of hydrogen-bond donors (Lipinski definition) is 1. The van der Waals surface area contributed by atoms with Crippen LogP contribution in [0.1, 0.15) is 35.3 Å². The van der Waals surface area contributed by atoms with Crippen LogP contribution in [0.5, 0.6) is 0 Å². The zero-order valence-corrected chi connectivity index (χ0v) is 13.9. The van der Waals surface area contributed by atoms with E-state index in [1.165, 1.54) is 12.1 Å². The fourth-order valence-electron chi connectivity index (χ4n) is 3.05. The SMILES string of the molecule is CN1C(=O)C(C)(C)c2cc(CNC(=O)c3ccccc3F)ccc21. The Bertz CT molecular complexity index is 830. The molecule has 1 N–H and O–H groups in total. The van der Waals surface area contributed by atoms with Crippen molar-refractivity contribution in [3.8, 4) is 0 Å². The predicted molar refractivity (Wildman–Crippen MR) is 90.4 cm³/mol. The molecule has 2 amide bonds. The molecule has 2 aromatic carbocycles. The van der Waals surface area contributed by atoms with Gasteiger partial charge in [0.05, 0.1) is 11.0 Å². The molecule has 0 radical (unpaired) electrons. The number of fused-ring (bicyclic) bond motifs is 1. The minimum absolute atomic E-state index is 0.0221. The van der Waals surface area contributed by atoms with Gasteiger partial charge in [0.1, 0.15) is 5.82 Å². The van der Waals surface area contributed by atoms with E-state index in [0.29, 0.717) is 0 Å². The second kappa shape index (κ2) is 5.74. The van der Waals surface area contributed by atoms with Crippen LogP contribution in [0.2, 0.25) is 0 Å². The first-order chi connectivity index (χ1) is 11.3. The number of anilines is 1. The molecule has 24 heavy (non-hydrogen) atoms. The highest BCUT2D eigenvalue weighted by Crippen LogP contribution is 2.40. The molecule has 0 bridgehead atoms.